The van der Waals surface area contributed by atoms with Gasteiger partial charge < -0.3 is 11.1 Å². The van der Waals surface area contributed by atoms with Gasteiger partial charge in [-0.05, 0) is 30.3 Å². The number of benzene rings is 1. The van der Waals surface area contributed by atoms with E-state index in [-0.39, 0.29) is 5.82 Å². The van der Waals surface area contributed by atoms with Crippen molar-refractivity contribution in [2.45, 2.75) is 6.54 Å². The maximum atomic E-state index is 12.8. The van der Waals surface area contributed by atoms with Gasteiger partial charge in [0, 0.05) is 6.54 Å². The Morgan fingerprint density at radius 2 is 2.12 bits per heavy atom. The van der Waals surface area contributed by atoms with Crippen LogP contribution in [0.3, 0.4) is 0 Å². The molecule has 0 amide bonds. The van der Waals surface area contributed by atoms with Crippen molar-refractivity contribution in [2.24, 2.45) is 5.73 Å². The summed E-state index contributed by atoms with van der Waals surface area (Å²) in [6.45, 7) is 0.400. The molecule has 0 unspecified atom stereocenters. The van der Waals surface area contributed by atoms with E-state index < -0.39 is 0 Å². The Hall–Kier alpha value is -1.65. The quantitative estimate of drug-likeness (QED) is 0.881. The topological polar surface area (TPSA) is 50.9 Å². The Morgan fingerprint density at radius 3 is 2.71 bits per heavy atom. The number of halogens is 2. The molecular weight excluding hydrogens is 241 g/mol. The lowest BCUT2D eigenvalue weighted by Crippen LogP contribution is -2.00. The Labute approximate surface area is 103 Å². The maximum Gasteiger partial charge on any atom is 0.124 e. The molecule has 3 nitrogen and oxygen atoms in total. The van der Waals surface area contributed by atoms with E-state index in [4.69, 9.17) is 17.3 Å². The van der Waals surface area contributed by atoms with Gasteiger partial charge in [0.1, 0.15) is 5.82 Å². The number of nitrogens with zero attached hydrogens (tertiary/aromatic N) is 1. The minimum atomic E-state index is -0.364. The largest absolute Gasteiger partial charge is 0.353 e. The van der Waals surface area contributed by atoms with Gasteiger partial charge in [0.2, 0.25) is 0 Å². The molecule has 0 fully saturated rings. The second-order valence-electron chi connectivity index (χ2n) is 3.49. The highest BCUT2D eigenvalue weighted by atomic mass is 35.5. The van der Waals surface area contributed by atoms with Crippen LogP contribution in [0.15, 0.2) is 36.5 Å². The van der Waals surface area contributed by atoms with Gasteiger partial charge in [-0.3, -0.25) is 4.98 Å². The first-order valence-corrected chi connectivity index (χ1v) is 5.44. The van der Waals surface area contributed by atoms with Crippen LogP contribution in [-0.4, -0.2) is 4.98 Å². The molecule has 0 spiro atoms. The van der Waals surface area contributed by atoms with E-state index in [1.807, 2.05) is 12.1 Å². The van der Waals surface area contributed by atoms with Gasteiger partial charge in [0.05, 0.1) is 28.3 Å². The molecule has 0 aliphatic heterocycles. The predicted octanol–water partition coefficient (Wildman–Crippen LogP) is 3.08. The van der Waals surface area contributed by atoms with E-state index in [9.17, 15) is 4.39 Å². The highest BCUT2D eigenvalue weighted by Crippen LogP contribution is 2.25. The monoisotopic (exact) mass is 251 g/mol. The molecule has 2 rings (SSSR count). The van der Waals surface area contributed by atoms with Crippen molar-refractivity contribution >= 4 is 23.0 Å². The number of pyridine rings is 1. The van der Waals surface area contributed by atoms with Crippen molar-refractivity contribution in [1.29, 1.82) is 0 Å². The first-order valence-electron chi connectivity index (χ1n) is 5.06. The zero-order valence-corrected chi connectivity index (χ0v) is 9.71. The summed E-state index contributed by atoms with van der Waals surface area (Å²) in [4.78, 5) is 4.14. The van der Waals surface area contributed by atoms with Crippen LogP contribution < -0.4 is 11.1 Å². The van der Waals surface area contributed by atoms with Gasteiger partial charge >= 0.3 is 0 Å². The predicted molar refractivity (Wildman–Crippen MR) is 66.8 cm³/mol. The first-order chi connectivity index (χ1) is 8.19. The molecule has 5 heteroatoms. The number of aromatic nitrogens is 1. The summed E-state index contributed by atoms with van der Waals surface area (Å²) in [6, 6.07) is 7.84. The number of rotatable bonds is 3. The third kappa shape index (κ3) is 2.93. The summed E-state index contributed by atoms with van der Waals surface area (Å²) in [5, 5.41) is 3.38. The Balaban J connectivity index is 2.19. The van der Waals surface area contributed by atoms with Crippen molar-refractivity contribution in [2.75, 3.05) is 5.32 Å². The smallest absolute Gasteiger partial charge is 0.124 e. The highest BCUT2D eigenvalue weighted by molar-refractivity contribution is 6.33. The molecule has 17 heavy (non-hydrogen) atoms. The Kier molecular flexibility index (Phi) is 3.56. The number of hydrogen-bond donors (Lipinski definition) is 2. The van der Waals surface area contributed by atoms with Gasteiger partial charge in [-0.25, -0.2) is 4.39 Å². The van der Waals surface area contributed by atoms with Crippen molar-refractivity contribution in [3.05, 3.63) is 53.1 Å². The number of anilines is 2. The molecule has 1 aromatic heterocycles. The lowest BCUT2D eigenvalue weighted by atomic mass is 10.3. The molecule has 0 saturated carbocycles. The molecule has 1 aromatic carbocycles. The van der Waals surface area contributed by atoms with Gasteiger partial charge in [-0.1, -0.05) is 11.6 Å². The minimum Gasteiger partial charge on any atom is -0.353 e. The molecule has 0 radical (unpaired) electrons. The van der Waals surface area contributed by atoms with Crippen molar-refractivity contribution in [3.63, 3.8) is 0 Å². The molecule has 2 aromatic rings. The third-order valence-electron chi connectivity index (χ3n) is 2.24. The van der Waals surface area contributed by atoms with E-state index in [0.717, 1.165) is 11.4 Å². The van der Waals surface area contributed by atoms with Crippen LogP contribution in [0.4, 0.5) is 15.8 Å². The molecule has 0 atom stereocenters. The van der Waals surface area contributed by atoms with Crippen LogP contribution in [-0.2, 0) is 6.54 Å². The normalized spacial score (nSPS) is 10.3. The summed E-state index contributed by atoms with van der Waals surface area (Å²) >= 11 is 5.90. The third-order valence-corrected chi connectivity index (χ3v) is 2.56. The molecule has 88 valence electrons. The molecule has 3 N–H and O–H groups in total. The van der Waals surface area contributed by atoms with Gasteiger partial charge in [-0.15, -0.1) is 0 Å². The lowest BCUT2D eigenvalue weighted by molar-refractivity contribution is 0.628. The summed E-state index contributed by atoms with van der Waals surface area (Å²) < 4.78 is 12.8. The van der Waals surface area contributed by atoms with Crippen molar-refractivity contribution < 1.29 is 4.39 Å². The van der Waals surface area contributed by atoms with Gasteiger partial charge in [0.25, 0.3) is 0 Å². The number of nitrogens with two attached hydrogens (primary N) is 1. The van der Waals surface area contributed by atoms with Crippen LogP contribution in [0.25, 0.3) is 0 Å². The molecular formula is C12H11ClFN3. The fraction of sp³-hybridized carbons (Fsp3) is 0.0833. The van der Waals surface area contributed by atoms with Gasteiger partial charge in [0.15, 0.2) is 0 Å². The van der Waals surface area contributed by atoms with Crippen LogP contribution in [0.5, 0.6) is 0 Å². The standard InChI is InChI=1S/C12H11ClFN3/c13-11-5-8(14)1-4-12(11)17-10-3-2-9(6-15)16-7-10/h1-5,7,17H,6,15H2. The molecule has 0 aliphatic rings. The Morgan fingerprint density at radius 1 is 1.29 bits per heavy atom. The Bertz CT molecular complexity index is 514. The fourth-order valence-electron chi connectivity index (χ4n) is 1.37. The van der Waals surface area contributed by atoms with E-state index in [0.29, 0.717) is 17.3 Å². The fourth-order valence-corrected chi connectivity index (χ4v) is 1.58. The average molecular weight is 252 g/mol. The van der Waals surface area contributed by atoms with Crippen LogP contribution in [0, 0.1) is 5.82 Å². The molecule has 0 saturated heterocycles. The first kappa shape index (κ1) is 11.8. The zero-order chi connectivity index (χ0) is 12.3. The average Bonchev–Trinajstić information content (AvgIpc) is 2.34. The highest BCUT2D eigenvalue weighted by Gasteiger charge is 2.02. The second kappa shape index (κ2) is 5.12. The summed E-state index contributed by atoms with van der Waals surface area (Å²) in [6.07, 6.45) is 1.65. The maximum absolute atomic E-state index is 12.8. The van der Waals surface area contributed by atoms with E-state index in [1.54, 1.807) is 12.3 Å². The SMILES string of the molecule is NCc1ccc(Nc2ccc(F)cc2Cl)cn1. The minimum absolute atomic E-state index is 0.327. The molecule has 0 aliphatic carbocycles. The number of nitrogens with one attached hydrogen (secondary N) is 1. The summed E-state index contributed by atoms with van der Waals surface area (Å²) in [5.41, 5.74) is 7.66. The molecule has 1 heterocycles. The van der Waals surface area contributed by atoms with Crippen LogP contribution in [0.1, 0.15) is 5.69 Å². The summed E-state index contributed by atoms with van der Waals surface area (Å²) in [5.74, 6) is -0.364. The lowest BCUT2D eigenvalue weighted by Gasteiger charge is -2.08. The van der Waals surface area contributed by atoms with Crippen molar-refractivity contribution in [3.8, 4) is 0 Å². The van der Waals surface area contributed by atoms with Crippen molar-refractivity contribution in [1.82, 2.24) is 4.98 Å². The zero-order valence-electron chi connectivity index (χ0n) is 8.95. The van der Waals surface area contributed by atoms with E-state index >= 15 is 0 Å². The van der Waals surface area contributed by atoms with Crippen LogP contribution >= 0.6 is 11.6 Å². The second-order valence-corrected chi connectivity index (χ2v) is 3.90. The van der Waals surface area contributed by atoms with Crippen LogP contribution in [0.2, 0.25) is 5.02 Å². The van der Waals surface area contributed by atoms with E-state index in [1.165, 1.54) is 12.1 Å². The van der Waals surface area contributed by atoms with E-state index in [2.05, 4.69) is 10.3 Å². The summed E-state index contributed by atoms with van der Waals surface area (Å²) in [7, 11) is 0. The number of hydrogen-bond acceptors (Lipinski definition) is 3. The molecule has 0 bridgehead atoms. The van der Waals surface area contributed by atoms with Gasteiger partial charge in [-0.2, -0.15) is 0 Å².